The van der Waals surface area contributed by atoms with Crippen molar-refractivity contribution in [2.45, 2.75) is 12.5 Å². The largest absolute Gasteiger partial charge is 0.313 e. The third-order valence-corrected chi connectivity index (χ3v) is 5.39. The number of hydrogen-bond acceptors (Lipinski definition) is 2. The molecule has 4 heteroatoms. The summed E-state index contributed by atoms with van der Waals surface area (Å²) in [7, 11) is 1.97. The highest BCUT2D eigenvalue weighted by molar-refractivity contribution is 7.17. The number of thiophene rings is 1. The summed E-state index contributed by atoms with van der Waals surface area (Å²) in [6.45, 7) is 0. The van der Waals surface area contributed by atoms with E-state index < -0.39 is 0 Å². The minimum atomic E-state index is 0.185. The number of nitrogens with one attached hydrogen (secondary N) is 1. The number of benzene rings is 2. The van der Waals surface area contributed by atoms with Gasteiger partial charge in [-0.1, -0.05) is 47.5 Å². The first kappa shape index (κ1) is 14.9. The van der Waals surface area contributed by atoms with E-state index in [-0.39, 0.29) is 6.04 Å². The van der Waals surface area contributed by atoms with Crippen LogP contribution in [0, 0.1) is 0 Å². The van der Waals surface area contributed by atoms with Crippen molar-refractivity contribution in [1.29, 1.82) is 0 Å². The van der Waals surface area contributed by atoms with Gasteiger partial charge in [0.1, 0.15) is 0 Å². The second-order valence-corrected chi connectivity index (χ2v) is 6.66. The Labute approximate surface area is 138 Å². The summed E-state index contributed by atoms with van der Waals surface area (Å²) in [6.07, 6.45) is 0.770. The molecule has 1 aromatic heterocycles. The van der Waals surface area contributed by atoms with Crippen molar-refractivity contribution in [3.8, 4) is 0 Å². The van der Waals surface area contributed by atoms with Crippen LogP contribution in [0.4, 0.5) is 0 Å². The zero-order valence-corrected chi connectivity index (χ0v) is 13.9. The standard InChI is InChI=1S/C17H15Cl2NS/c1-20-16(10-13-14(18)6-3-7-15(13)19)12-5-2-4-11-8-9-21-17(11)12/h2-9,16,20H,10H2,1H3. The summed E-state index contributed by atoms with van der Waals surface area (Å²) < 4.78 is 1.32. The maximum atomic E-state index is 6.31. The highest BCUT2D eigenvalue weighted by Crippen LogP contribution is 2.33. The second kappa shape index (κ2) is 6.37. The predicted octanol–water partition coefficient (Wildman–Crippen LogP) is 5.71. The van der Waals surface area contributed by atoms with E-state index in [0.29, 0.717) is 0 Å². The number of likely N-dealkylation sites (N-methyl/N-ethyl adjacent to an activating group) is 1. The molecule has 0 aliphatic rings. The van der Waals surface area contributed by atoms with Crippen molar-refractivity contribution in [1.82, 2.24) is 5.32 Å². The van der Waals surface area contributed by atoms with E-state index in [1.165, 1.54) is 15.6 Å². The summed E-state index contributed by atoms with van der Waals surface area (Å²) in [5.74, 6) is 0. The lowest BCUT2D eigenvalue weighted by Gasteiger charge is -2.19. The lowest BCUT2D eigenvalue weighted by Crippen LogP contribution is -2.19. The lowest BCUT2D eigenvalue weighted by molar-refractivity contribution is 0.597. The minimum Gasteiger partial charge on any atom is -0.313 e. The van der Waals surface area contributed by atoms with E-state index in [1.807, 2.05) is 25.2 Å². The molecule has 0 fully saturated rings. The first-order valence-corrected chi connectivity index (χ1v) is 8.40. The molecule has 108 valence electrons. The minimum absolute atomic E-state index is 0.185. The monoisotopic (exact) mass is 335 g/mol. The third-order valence-electron chi connectivity index (χ3n) is 3.70. The maximum Gasteiger partial charge on any atom is 0.0453 e. The molecule has 3 aromatic rings. The number of hydrogen-bond donors (Lipinski definition) is 1. The Kier molecular flexibility index (Phi) is 4.51. The van der Waals surface area contributed by atoms with Gasteiger partial charge < -0.3 is 5.32 Å². The number of rotatable bonds is 4. The molecule has 21 heavy (non-hydrogen) atoms. The second-order valence-electron chi connectivity index (χ2n) is 4.93. The van der Waals surface area contributed by atoms with Gasteiger partial charge in [-0.25, -0.2) is 0 Å². The molecule has 0 spiro atoms. The quantitative estimate of drug-likeness (QED) is 0.643. The zero-order valence-electron chi connectivity index (χ0n) is 11.6. The molecule has 1 nitrogen and oxygen atoms in total. The molecule has 1 unspecified atom stereocenters. The molecule has 0 saturated heterocycles. The molecule has 0 aliphatic heterocycles. The maximum absolute atomic E-state index is 6.31. The predicted molar refractivity (Wildman–Crippen MR) is 93.8 cm³/mol. The number of fused-ring (bicyclic) bond motifs is 1. The normalized spacial score (nSPS) is 12.7. The third kappa shape index (κ3) is 2.95. The molecule has 0 bridgehead atoms. The van der Waals surface area contributed by atoms with Gasteiger partial charge in [0.25, 0.3) is 0 Å². The van der Waals surface area contributed by atoms with Crippen LogP contribution in [-0.4, -0.2) is 7.05 Å². The molecular weight excluding hydrogens is 321 g/mol. The fourth-order valence-electron chi connectivity index (χ4n) is 2.59. The Morgan fingerprint density at radius 1 is 1.05 bits per heavy atom. The summed E-state index contributed by atoms with van der Waals surface area (Å²) >= 11 is 14.4. The van der Waals surface area contributed by atoms with Crippen molar-refractivity contribution >= 4 is 44.6 Å². The Hall–Kier alpha value is -1.06. The van der Waals surface area contributed by atoms with Crippen LogP contribution < -0.4 is 5.32 Å². The Morgan fingerprint density at radius 2 is 1.76 bits per heavy atom. The van der Waals surface area contributed by atoms with E-state index >= 15 is 0 Å². The van der Waals surface area contributed by atoms with Crippen molar-refractivity contribution < 1.29 is 0 Å². The van der Waals surface area contributed by atoms with Crippen LogP contribution in [0.3, 0.4) is 0 Å². The number of halogens is 2. The average Bonchev–Trinajstić information content (AvgIpc) is 2.96. The van der Waals surface area contributed by atoms with Gasteiger partial charge in [0, 0.05) is 20.8 Å². The highest BCUT2D eigenvalue weighted by Gasteiger charge is 2.17. The van der Waals surface area contributed by atoms with Crippen LogP contribution in [0.25, 0.3) is 10.1 Å². The van der Waals surface area contributed by atoms with Crippen molar-refractivity contribution in [2.24, 2.45) is 0 Å². The van der Waals surface area contributed by atoms with E-state index in [9.17, 15) is 0 Å². The molecule has 3 rings (SSSR count). The van der Waals surface area contributed by atoms with Gasteiger partial charge in [0.15, 0.2) is 0 Å². The van der Waals surface area contributed by atoms with Crippen LogP contribution in [0.5, 0.6) is 0 Å². The SMILES string of the molecule is CNC(Cc1c(Cl)cccc1Cl)c1cccc2ccsc12. The first-order chi connectivity index (χ1) is 10.2. The molecule has 1 heterocycles. The topological polar surface area (TPSA) is 12.0 Å². The first-order valence-electron chi connectivity index (χ1n) is 6.77. The van der Waals surface area contributed by atoms with Gasteiger partial charge in [-0.3, -0.25) is 0 Å². The smallest absolute Gasteiger partial charge is 0.0453 e. The summed E-state index contributed by atoms with van der Waals surface area (Å²) in [6, 6.07) is 14.4. The van der Waals surface area contributed by atoms with Crippen LogP contribution in [0.15, 0.2) is 47.8 Å². The fourth-order valence-corrected chi connectivity index (χ4v) is 4.11. The van der Waals surface area contributed by atoms with Gasteiger partial charge >= 0.3 is 0 Å². The molecule has 1 N–H and O–H groups in total. The molecule has 0 amide bonds. The zero-order chi connectivity index (χ0) is 14.8. The molecular formula is C17H15Cl2NS. The van der Waals surface area contributed by atoms with E-state index in [1.54, 1.807) is 11.3 Å². The molecule has 2 aromatic carbocycles. The fraction of sp³-hybridized carbons (Fsp3) is 0.176. The highest BCUT2D eigenvalue weighted by atomic mass is 35.5. The van der Waals surface area contributed by atoms with Crippen LogP contribution in [0.2, 0.25) is 10.0 Å². The van der Waals surface area contributed by atoms with Gasteiger partial charge in [-0.05, 0) is 53.6 Å². The molecule has 1 atom stereocenters. The Morgan fingerprint density at radius 3 is 2.48 bits per heavy atom. The average molecular weight is 336 g/mol. The van der Waals surface area contributed by atoms with Crippen LogP contribution in [0.1, 0.15) is 17.2 Å². The summed E-state index contributed by atoms with van der Waals surface area (Å²) in [5.41, 5.74) is 2.29. The lowest BCUT2D eigenvalue weighted by atomic mass is 9.98. The Bertz CT molecular complexity index is 746. The van der Waals surface area contributed by atoms with Gasteiger partial charge in [-0.2, -0.15) is 0 Å². The molecule has 0 radical (unpaired) electrons. The summed E-state index contributed by atoms with van der Waals surface area (Å²) in [4.78, 5) is 0. The van der Waals surface area contributed by atoms with Crippen molar-refractivity contribution in [3.05, 3.63) is 69.0 Å². The molecule has 0 saturated carbocycles. The van der Waals surface area contributed by atoms with E-state index in [2.05, 4.69) is 35.0 Å². The van der Waals surface area contributed by atoms with Crippen molar-refractivity contribution in [3.63, 3.8) is 0 Å². The van der Waals surface area contributed by atoms with Gasteiger partial charge in [0.05, 0.1) is 0 Å². The molecule has 0 aliphatic carbocycles. The van der Waals surface area contributed by atoms with Crippen molar-refractivity contribution in [2.75, 3.05) is 7.05 Å². The van der Waals surface area contributed by atoms with E-state index in [0.717, 1.165) is 22.0 Å². The summed E-state index contributed by atoms with van der Waals surface area (Å²) in [5, 5.41) is 8.25. The van der Waals surface area contributed by atoms with Gasteiger partial charge in [-0.15, -0.1) is 11.3 Å². The van der Waals surface area contributed by atoms with Crippen LogP contribution in [-0.2, 0) is 6.42 Å². The van der Waals surface area contributed by atoms with Gasteiger partial charge in [0.2, 0.25) is 0 Å². The Balaban J connectivity index is 2.01. The van der Waals surface area contributed by atoms with E-state index in [4.69, 9.17) is 23.2 Å². The van der Waals surface area contributed by atoms with Crippen LogP contribution >= 0.6 is 34.5 Å².